The number of sulfonamides is 1. The summed E-state index contributed by atoms with van der Waals surface area (Å²) in [6.45, 7) is 0. The van der Waals surface area contributed by atoms with Gasteiger partial charge in [0.1, 0.15) is 5.82 Å². The molecule has 146 valence electrons. The topological polar surface area (TPSA) is 75.3 Å². The van der Waals surface area contributed by atoms with E-state index < -0.39 is 46.0 Å². The van der Waals surface area contributed by atoms with Gasteiger partial charge < -0.3 is 5.32 Å². The summed E-state index contributed by atoms with van der Waals surface area (Å²) in [5.74, 6) is -1.25. The molecule has 0 aromatic heterocycles. The van der Waals surface area contributed by atoms with Gasteiger partial charge in [-0.25, -0.2) is 17.5 Å². The minimum absolute atomic E-state index is 0.0768. The van der Waals surface area contributed by atoms with E-state index in [9.17, 15) is 30.8 Å². The quantitative estimate of drug-likeness (QED) is 0.724. The Labute approximate surface area is 153 Å². The summed E-state index contributed by atoms with van der Waals surface area (Å²) in [6.07, 6.45) is -4.06. The zero-order valence-corrected chi connectivity index (χ0v) is 14.9. The van der Waals surface area contributed by atoms with Crippen LogP contribution in [0.25, 0.3) is 0 Å². The molecular formula is C17H16F4N2O3S. The van der Waals surface area contributed by atoms with Crippen LogP contribution in [0.15, 0.2) is 48.5 Å². The van der Waals surface area contributed by atoms with E-state index in [0.29, 0.717) is 5.56 Å². The molecule has 0 spiro atoms. The van der Waals surface area contributed by atoms with Gasteiger partial charge in [0.25, 0.3) is 0 Å². The lowest BCUT2D eigenvalue weighted by Gasteiger charge is -2.18. The van der Waals surface area contributed by atoms with Gasteiger partial charge in [-0.05, 0) is 35.9 Å². The molecule has 1 atom stereocenters. The van der Waals surface area contributed by atoms with Crippen molar-refractivity contribution < 1.29 is 30.8 Å². The molecule has 27 heavy (non-hydrogen) atoms. The number of amides is 1. The van der Waals surface area contributed by atoms with Gasteiger partial charge in [-0.2, -0.15) is 13.2 Å². The zero-order valence-electron chi connectivity index (χ0n) is 14.0. The Morgan fingerprint density at radius 1 is 1.11 bits per heavy atom. The Balaban J connectivity index is 2.17. The van der Waals surface area contributed by atoms with E-state index in [4.69, 9.17) is 0 Å². The third-order valence-electron chi connectivity index (χ3n) is 3.49. The molecular weight excluding hydrogens is 388 g/mol. The van der Waals surface area contributed by atoms with Crippen LogP contribution in [0.2, 0.25) is 0 Å². The molecule has 0 radical (unpaired) electrons. The number of hydrogen-bond donors (Lipinski definition) is 2. The summed E-state index contributed by atoms with van der Waals surface area (Å²) >= 11 is 0. The fourth-order valence-corrected chi connectivity index (χ4v) is 3.09. The summed E-state index contributed by atoms with van der Waals surface area (Å²) < 4.78 is 76.6. The Bertz CT molecular complexity index is 913. The number of alkyl halides is 3. The highest BCUT2D eigenvalue weighted by Crippen LogP contribution is 2.30. The lowest BCUT2D eigenvalue weighted by molar-refractivity contribution is -0.137. The molecule has 1 amide bonds. The smallest absolute Gasteiger partial charge is 0.326 e. The van der Waals surface area contributed by atoms with Crippen molar-refractivity contribution in [3.8, 4) is 0 Å². The highest BCUT2D eigenvalue weighted by atomic mass is 32.2. The predicted octanol–water partition coefficient (Wildman–Crippen LogP) is 3.46. The lowest BCUT2D eigenvalue weighted by atomic mass is 10.0. The van der Waals surface area contributed by atoms with Crippen LogP contribution < -0.4 is 10.0 Å². The average Bonchev–Trinajstić information content (AvgIpc) is 2.53. The first-order chi connectivity index (χ1) is 12.4. The van der Waals surface area contributed by atoms with Crippen LogP contribution >= 0.6 is 0 Å². The second-order valence-corrected chi connectivity index (χ2v) is 7.61. The second kappa shape index (κ2) is 8.05. The summed E-state index contributed by atoms with van der Waals surface area (Å²) in [4.78, 5) is 12.2. The molecule has 2 N–H and O–H groups in total. The van der Waals surface area contributed by atoms with E-state index in [1.807, 2.05) is 0 Å². The van der Waals surface area contributed by atoms with E-state index in [-0.39, 0.29) is 5.69 Å². The number of anilines is 1. The van der Waals surface area contributed by atoms with Crippen LogP contribution in [-0.4, -0.2) is 20.6 Å². The Morgan fingerprint density at radius 2 is 1.74 bits per heavy atom. The molecule has 0 aliphatic carbocycles. The highest BCUT2D eigenvalue weighted by molar-refractivity contribution is 7.88. The van der Waals surface area contributed by atoms with E-state index in [0.717, 1.165) is 36.6 Å². The van der Waals surface area contributed by atoms with Crippen molar-refractivity contribution >= 4 is 21.6 Å². The second-order valence-electron chi connectivity index (χ2n) is 5.83. The largest absolute Gasteiger partial charge is 0.416 e. The van der Waals surface area contributed by atoms with Gasteiger partial charge in [-0.15, -0.1) is 0 Å². The first-order valence-electron chi connectivity index (χ1n) is 7.64. The fourth-order valence-electron chi connectivity index (χ4n) is 2.35. The van der Waals surface area contributed by atoms with Crippen molar-refractivity contribution in [1.82, 2.24) is 4.72 Å². The molecule has 2 rings (SSSR count). The number of nitrogens with one attached hydrogen (secondary N) is 2. The first kappa shape index (κ1) is 20.8. The summed E-state index contributed by atoms with van der Waals surface area (Å²) in [6, 6.07) is 7.90. The molecule has 0 saturated heterocycles. The Kier molecular flexibility index (Phi) is 6.22. The molecule has 0 aliphatic heterocycles. The molecule has 0 saturated carbocycles. The SMILES string of the molecule is CS(=O)(=O)NC(CC(=O)Nc1cccc(C(F)(F)F)c1)c1ccc(F)cc1. The fraction of sp³-hybridized carbons (Fsp3) is 0.235. The van der Waals surface area contributed by atoms with Gasteiger partial charge in [0, 0.05) is 12.1 Å². The molecule has 1 unspecified atom stereocenters. The first-order valence-corrected chi connectivity index (χ1v) is 9.53. The molecule has 5 nitrogen and oxygen atoms in total. The van der Waals surface area contributed by atoms with E-state index in [2.05, 4.69) is 10.0 Å². The molecule has 0 heterocycles. The maximum Gasteiger partial charge on any atom is 0.416 e. The molecule has 0 bridgehead atoms. The van der Waals surface area contributed by atoms with Gasteiger partial charge >= 0.3 is 6.18 Å². The minimum Gasteiger partial charge on any atom is -0.326 e. The Hall–Kier alpha value is -2.46. The van der Waals surface area contributed by atoms with Crippen molar-refractivity contribution in [3.63, 3.8) is 0 Å². The monoisotopic (exact) mass is 404 g/mol. The predicted molar refractivity (Wildman–Crippen MR) is 91.8 cm³/mol. The van der Waals surface area contributed by atoms with Gasteiger partial charge in [0.05, 0.1) is 17.9 Å². The molecule has 0 aliphatic rings. The van der Waals surface area contributed by atoms with Crippen molar-refractivity contribution in [2.75, 3.05) is 11.6 Å². The number of hydrogen-bond acceptors (Lipinski definition) is 3. The maximum absolute atomic E-state index is 13.1. The standard InChI is InChI=1S/C17H16F4N2O3S/c1-27(25,26)23-15(11-5-7-13(18)8-6-11)10-16(24)22-14-4-2-3-12(9-14)17(19,20)21/h2-9,15,23H,10H2,1H3,(H,22,24). The van der Waals surface area contributed by atoms with Crippen LogP contribution in [0.3, 0.4) is 0 Å². The maximum atomic E-state index is 13.1. The number of rotatable bonds is 6. The van der Waals surface area contributed by atoms with Gasteiger partial charge in [0.2, 0.25) is 15.9 Å². The molecule has 2 aromatic rings. The normalized spacial score (nSPS) is 13.2. The summed E-state index contributed by atoms with van der Waals surface area (Å²) in [5, 5.41) is 2.30. The van der Waals surface area contributed by atoms with Crippen molar-refractivity contribution in [1.29, 1.82) is 0 Å². The lowest BCUT2D eigenvalue weighted by Crippen LogP contribution is -2.30. The third kappa shape index (κ3) is 6.65. The summed E-state index contributed by atoms with van der Waals surface area (Å²) in [7, 11) is -3.70. The summed E-state index contributed by atoms with van der Waals surface area (Å²) in [5.41, 5.74) is -0.669. The van der Waals surface area contributed by atoms with Gasteiger partial charge in [-0.1, -0.05) is 18.2 Å². The van der Waals surface area contributed by atoms with Crippen LogP contribution in [0.5, 0.6) is 0 Å². The number of carbonyl (C=O) groups excluding carboxylic acids is 1. The van der Waals surface area contributed by atoms with Crippen molar-refractivity contribution in [2.45, 2.75) is 18.6 Å². The van der Waals surface area contributed by atoms with E-state index in [1.165, 1.54) is 18.2 Å². The number of benzene rings is 2. The number of carbonyl (C=O) groups is 1. The third-order valence-corrected chi connectivity index (χ3v) is 4.20. The zero-order chi connectivity index (χ0) is 20.2. The van der Waals surface area contributed by atoms with E-state index >= 15 is 0 Å². The number of halogens is 4. The van der Waals surface area contributed by atoms with Gasteiger partial charge in [0.15, 0.2) is 0 Å². The average molecular weight is 404 g/mol. The Morgan fingerprint density at radius 3 is 2.30 bits per heavy atom. The van der Waals surface area contributed by atoms with Crippen molar-refractivity contribution in [2.24, 2.45) is 0 Å². The minimum atomic E-state index is -4.56. The molecule has 2 aromatic carbocycles. The van der Waals surface area contributed by atoms with Gasteiger partial charge in [-0.3, -0.25) is 4.79 Å². The van der Waals surface area contributed by atoms with Crippen LogP contribution in [0, 0.1) is 5.82 Å². The highest BCUT2D eigenvalue weighted by Gasteiger charge is 2.30. The van der Waals surface area contributed by atoms with E-state index in [1.54, 1.807) is 0 Å². The molecule has 10 heteroatoms. The van der Waals surface area contributed by atoms with Crippen molar-refractivity contribution in [3.05, 3.63) is 65.5 Å². The van der Waals surface area contributed by atoms with Crippen LogP contribution in [-0.2, 0) is 21.0 Å². The molecule has 0 fully saturated rings. The van der Waals surface area contributed by atoms with Crippen LogP contribution in [0.1, 0.15) is 23.6 Å². The van der Waals surface area contributed by atoms with Crippen LogP contribution in [0.4, 0.5) is 23.2 Å².